The van der Waals surface area contributed by atoms with Gasteiger partial charge in [-0.3, -0.25) is 14.8 Å². The van der Waals surface area contributed by atoms with E-state index in [0.29, 0.717) is 13.0 Å². The van der Waals surface area contributed by atoms with Crippen LogP contribution in [-0.2, 0) is 27.7 Å². The van der Waals surface area contributed by atoms with Crippen molar-refractivity contribution in [2.45, 2.75) is 17.9 Å². The Morgan fingerprint density at radius 1 is 1.37 bits per heavy atom. The molecule has 1 aromatic carbocycles. The van der Waals surface area contributed by atoms with Crippen LogP contribution in [0.1, 0.15) is 20.8 Å². The molecule has 0 saturated heterocycles. The van der Waals surface area contributed by atoms with Crippen molar-refractivity contribution in [1.82, 2.24) is 4.90 Å². The number of likely N-dealkylation sites (N-methyl/N-ethyl adjacent to an activating group) is 1. The molecule has 0 fully saturated rings. The van der Waals surface area contributed by atoms with E-state index in [4.69, 9.17) is 4.74 Å². The first-order chi connectivity index (χ1) is 12.7. The number of para-hydroxylation sites is 1. The number of nitrogens with zero attached hydrogens (tertiary/aromatic N) is 2. The molecule has 0 amide bonds. The summed E-state index contributed by atoms with van der Waals surface area (Å²) >= 11 is 1.14. The standard InChI is InChI=1S/C16H17N3O6S2/c1-18-8-7-10-12(9-18)26-15(14(10)16(20)25-2)17-27(23,24)13-6-4-3-5-11(13)19(21)22/h3-6,17H,7-9H2,1-2H3. The Kier molecular flexibility index (Phi) is 5.18. The molecule has 0 aliphatic carbocycles. The van der Waals surface area contributed by atoms with Gasteiger partial charge in [0.25, 0.3) is 15.7 Å². The molecule has 1 aliphatic rings. The van der Waals surface area contributed by atoms with Crippen LogP contribution in [0.5, 0.6) is 0 Å². The predicted molar refractivity (Wildman–Crippen MR) is 99.6 cm³/mol. The Bertz CT molecular complexity index is 1020. The average Bonchev–Trinajstić information content (AvgIpc) is 2.97. The summed E-state index contributed by atoms with van der Waals surface area (Å²) in [6.07, 6.45) is 0.583. The molecule has 11 heteroatoms. The Balaban J connectivity index is 2.08. The van der Waals surface area contributed by atoms with E-state index in [1.165, 1.54) is 19.2 Å². The van der Waals surface area contributed by atoms with Gasteiger partial charge in [-0.25, -0.2) is 13.2 Å². The number of carbonyl (C=O) groups is 1. The monoisotopic (exact) mass is 411 g/mol. The molecule has 1 aliphatic heterocycles. The summed E-state index contributed by atoms with van der Waals surface area (Å²) in [4.78, 5) is 25.1. The number of nitrogens with one attached hydrogen (secondary N) is 1. The highest BCUT2D eigenvalue weighted by Gasteiger charge is 2.32. The van der Waals surface area contributed by atoms with Gasteiger partial charge in [-0.15, -0.1) is 11.3 Å². The highest BCUT2D eigenvalue weighted by Crippen LogP contribution is 2.39. The van der Waals surface area contributed by atoms with Crippen LogP contribution in [0.2, 0.25) is 0 Å². The minimum atomic E-state index is -4.27. The average molecular weight is 411 g/mol. The van der Waals surface area contributed by atoms with Gasteiger partial charge >= 0.3 is 5.97 Å². The van der Waals surface area contributed by atoms with Crippen molar-refractivity contribution in [2.24, 2.45) is 0 Å². The number of fused-ring (bicyclic) bond motifs is 1. The maximum atomic E-state index is 12.8. The van der Waals surface area contributed by atoms with Gasteiger partial charge in [0.1, 0.15) is 5.00 Å². The Morgan fingerprint density at radius 3 is 2.74 bits per heavy atom. The second kappa shape index (κ2) is 7.25. The first kappa shape index (κ1) is 19.3. The van der Waals surface area contributed by atoms with E-state index in [2.05, 4.69) is 9.62 Å². The van der Waals surface area contributed by atoms with E-state index < -0.39 is 31.5 Å². The van der Waals surface area contributed by atoms with Crippen molar-refractivity contribution in [3.63, 3.8) is 0 Å². The van der Waals surface area contributed by atoms with Crippen LogP contribution in [0.3, 0.4) is 0 Å². The van der Waals surface area contributed by atoms with Crippen LogP contribution in [0, 0.1) is 10.1 Å². The minimum absolute atomic E-state index is 0.111. The number of hydrogen-bond donors (Lipinski definition) is 1. The van der Waals surface area contributed by atoms with E-state index >= 15 is 0 Å². The Morgan fingerprint density at radius 2 is 2.07 bits per heavy atom. The topological polar surface area (TPSA) is 119 Å². The molecule has 1 N–H and O–H groups in total. The fourth-order valence-electron chi connectivity index (χ4n) is 2.93. The molecule has 0 bridgehead atoms. The Hall–Kier alpha value is -2.50. The van der Waals surface area contributed by atoms with E-state index in [0.717, 1.165) is 40.5 Å². The molecule has 1 aromatic heterocycles. The third kappa shape index (κ3) is 3.66. The van der Waals surface area contributed by atoms with E-state index in [-0.39, 0.29) is 10.6 Å². The van der Waals surface area contributed by atoms with Gasteiger partial charge in [-0.1, -0.05) is 12.1 Å². The Labute approximate surface area is 159 Å². The zero-order chi connectivity index (χ0) is 19.8. The van der Waals surface area contributed by atoms with Gasteiger partial charge < -0.3 is 9.64 Å². The summed E-state index contributed by atoms with van der Waals surface area (Å²) in [6, 6.07) is 5.05. The SMILES string of the molecule is COC(=O)c1c(NS(=O)(=O)c2ccccc2[N+](=O)[O-])sc2c1CCN(C)C2. The summed E-state index contributed by atoms with van der Waals surface area (Å²) in [5, 5.41) is 11.3. The number of anilines is 1. The number of methoxy groups -OCH3 is 1. The van der Waals surface area contributed by atoms with Crippen molar-refractivity contribution in [3.05, 3.63) is 50.4 Å². The van der Waals surface area contributed by atoms with Gasteiger partial charge in [-0.05, 0) is 25.1 Å². The van der Waals surface area contributed by atoms with Crippen LogP contribution in [0.4, 0.5) is 10.7 Å². The van der Waals surface area contributed by atoms with Gasteiger partial charge in [0.05, 0.1) is 17.6 Å². The molecule has 0 radical (unpaired) electrons. The van der Waals surface area contributed by atoms with Crippen molar-refractivity contribution >= 4 is 38.0 Å². The second-order valence-electron chi connectivity index (χ2n) is 6.02. The maximum Gasteiger partial charge on any atom is 0.341 e. The number of hydrogen-bond acceptors (Lipinski definition) is 8. The van der Waals surface area contributed by atoms with Crippen LogP contribution in [0.25, 0.3) is 0 Å². The van der Waals surface area contributed by atoms with Gasteiger partial charge in [0.2, 0.25) is 0 Å². The van der Waals surface area contributed by atoms with Crippen molar-refractivity contribution < 1.29 is 22.9 Å². The number of carbonyl (C=O) groups excluding carboxylic acids is 1. The lowest BCUT2D eigenvalue weighted by Crippen LogP contribution is -2.26. The number of rotatable bonds is 5. The quantitative estimate of drug-likeness (QED) is 0.455. The van der Waals surface area contributed by atoms with Crippen molar-refractivity contribution in [2.75, 3.05) is 25.4 Å². The number of sulfonamides is 1. The fraction of sp³-hybridized carbons (Fsp3) is 0.312. The van der Waals surface area contributed by atoms with E-state index in [1.54, 1.807) is 0 Å². The maximum absolute atomic E-state index is 12.8. The third-order valence-corrected chi connectivity index (χ3v) is 6.87. The van der Waals surface area contributed by atoms with E-state index in [1.807, 2.05) is 7.05 Å². The van der Waals surface area contributed by atoms with E-state index in [9.17, 15) is 23.3 Å². The summed E-state index contributed by atoms with van der Waals surface area (Å²) in [5.74, 6) is -0.641. The summed E-state index contributed by atoms with van der Waals surface area (Å²) in [7, 11) is -1.12. The number of thiophene rings is 1. The lowest BCUT2D eigenvalue weighted by atomic mass is 10.0. The summed E-state index contributed by atoms with van der Waals surface area (Å²) in [6.45, 7) is 1.31. The molecular formula is C16H17N3O6S2. The lowest BCUT2D eigenvalue weighted by molar-refractivity contribution is -0.387. The first-order valence-electron chi connectivity index (χ1n) is 7.92. The number of nitro groups is 1. The normalized spacial score (nSPS) is 14.4. The largest absolute Gasteiger partial charge is 0.465 e. The zero-order valence-electron chi connectivity index (χ0n) is 14.6. The molecule has 3 rings (SSSR count). The summed E-state index contributed by atoms with van der Waals surface area (Å²) in [5.41, 5.74) is 0.392. The van der Waals surface area contributed by atoms with Crippen molar-refractivity contribution in [1.29, 1.82) is 0 Å². The molecule has 27 heavy (non-hydrogen) atoms. The van der Waals surface area contributed by atoms with Gasteiger partial charge in [0.15, 0.2) is 4.90 Å². The molecule has 0 saturated carbocycles. The minimum Gasteiger partial charge on any atom is -0.465 e. The van der Waals surface area contributed by atoms with Crippen LogP contribution in [-0.4, -0.2) is 44.9 Å². The molecule has 0 spiro atoms. The lowest BCUT2D eigenvalue weighted by Gasteiger charge is -2.22. The zero-order valence-corrected chi connectivity index (χ0v) is 16.2. The first-order valence-corrected chi connectivity index (χ1v) is 10.2. The number of nitro benzene ring substituents is 1. The third-order valence-electron chi connectivity index (χ3n) is 4.22. The number of esters is 1. The van der Waals surface area contributed by atoms with Crippen LogP contribution < -0.4 is 4.72 Å². The molecule has 2 aromatic rings. The number of benzene rings is 1. The second-order valence-corrected chi connectivity index (χ2v) is 8.77. The predicted octanol–water partition coefficient (Wildman–Crippen LogP) is 2.23. The van der Waals surface area contributed by atoms with Gasteiger partial charge in [0, 0.05) is 24.0 Å². The molecule has 0 unspecified atom stereocenters. The molecule has 2 heterocycles. The number of ether oxygens (including phenoxy) is 1. The van der Waals surface area contributed by atoms with Crippen molar-refractivity contribution in [3.8, 4) is 0 Å². The molecule has 144 valence electrons. The summed E-state index contributed by atoms with van der Waals surface area (Å²) < 4.78 is 32.8. The van der Waals surface area contributed by atoms with Crippen LogP contribution in [0.15, 0.2) is 29.2 Å². The smallest absolute Gasteiger partial charge is 0.341 e. The highest BCUT2D eigenvalue weighted by atomic mass is 32.2. The molecule has 0 atom stereocenters. The molecule has 9 nitrogen and oxygen atoms in total. The van der Waals surface area contributed by atoms with Crippen LogP contribution >= 0.6 is 11.3 Å². The highest BCUT2D eigenvalue weighted by molar-refractivity contribution is 7.93. The van der Waals surface area contributed by atoms with Gasteiger partial charge in [-0.2, -0.15) is 0 Å². The fourth-order valence-corrected chi connectivity index (χ4v) is 5.73. The molecular weight excluding hydrogens is 394 g/mol.